The Hall–Kier alpha value is -2.49. The van der Waals surface area contributed by atoms with Crippen LogP contribution in [-0.2, 0) is 10.0 Å². The van der Waals surface area contributed by atoms with Crippen LogP contribution in [0, 0.1) is 0 Å². The molecule has 0 radical (unpaired) electrons. The van der Waals surface area contributed by atoms with E-state index in [1.807, 2.05) is 24.4 Å². The number of rotatable bonds is 4. The molecule has 1 fully saturated rings. The number of hydrogen-bond donors (Lipinski definition) is 0. The van der Waals surface area contributed by atoms with Crippen molar-refractivity contribution >= 4 is 31.9 Å². The average Bonchev–Trinajstić information content (AvgIpc) is 3.29. The van der Waals surface area contributed by atoms with Crippen molar-refractivity contribution in [2.45, 2.75) is 4.90 Å². The van der Waals surface area contributed by atoms with Gasteiger partial charge in [-0.2, -0.15) is 9.40 Å². The van der Waals surface area contributed by atoms with E-state index in [9.17, 15) is 13.2 Å². The average molecular weight is 475 g/mol. The summed E-state index contributed by atoms with van der Waals surface area (Å²) in [4.78, 5) is 14.7. The van der Waals surface area contributed by atoms with Crippen molar-refractivity contribution in [3.8, 4) is 5.69 Å². The van der Waals surface area contributed by atoms with Gasteiger partial charge in [0.2, 0.25) is 10.0 Å². The van der Waals surface area contributed by atoms with Crippen molar-refractivity contribution < 1.29 is 13.2 Å². The van der Waals surface area contributed by atoms with Crippen molar-refractivity contribution in [2.24, 2.45) is 0 Å². The van der Waals surface area contributed by atoms with Gasteiger partial charge in [-0.3, -0.25) is 4.79 Å². The lowest BCUT2D eigenvalue weighted by atomic mass is 10.1. The predicted molar refractivity (Wildman–Crippen MR) is 112 cm³/mol. The van der Waals surface area contributed by atoms with E-state index in [-0.39, 0.29) is 23.9 Å². The number of hydrogen-bond acceptors (Lipinski definition) is 4. The van der Waals surface area contributed by atoms with Crippen molar-refractivity contribution in [1.82, 2.24) is 19.0 Å². The monoisotopic (exact) mass is 474 g/mol. The van der Waals surface area contributed by atoms with Crippen LogP contribution in [-0.4, -0.2) is 59.5 Å². The first-order valence-corrected chi connectivity index (χ1v) is 11.3. The first kappa shape index (κ1) is 19.8. The van der Waals surface area contributed by atoms with Crippen LogP contribution in [0.4, 0.5) is 0 Å². The molecule has 7 nitrogen and oxygen atoms in total. The molecule has 0 spiro atoms. The molecule has 0 aliphatic carbocycles. The highest BCUT2D eigenvalue weighted by molar-refractivity contribution is 9.10. The van der Waals surface area contributed by atoms with E-state index in [4.69, 9.17) is 0 Å². The van der Waals surface area contributed by atoms with Crippen LogP contribution in [0.2, 0.25) is 0 Å². The zero-order valence-corrected chi connectivity index (χ0v) is 17.9. The SMILES string of the molecule is O=C(c1ccc(-n2cccn2)cc1)N1CCN(S(=O)(=O)c2ccc(Br)cc2)CC1. The van der Waals surface area contributed by atoms with Crippen molar-refractivity contribution in [2.75, 3.05) is 26.2 Å². The molecule has 2 aromatic carbocycles. The summed E-state index contributed by atoms with van der Waals surface area (Å²) in [6.45, 7) is 1.26. The van der Waals surface area contributed by atoms with E-state index in [2.05, 4.69) is 21.0 Å². The molecule has 0 atom stereocenters. The summed E-state index contributed by atoms with van der Waals surface area (Å²) < 4.78 is 29.6. The van der Waals surface area contributed by atoms with Gasteiger partial charge in [0.25, 0.3) is 5.91 Å². The van der Waals surface area contributed by atoms with Gasteiger partial charge in [0.05, 0.1) is 10.6 Å². The summed E-state index contributed by atoms with van der Waals surface area (Å²) in [7, 11) is -3.56. The third-order valence-electron chi connectivity index (χ3n) is 4.86. The molecule has 0 bridgehead atoms. The minimum absolute atomic E-state index is 0.0993. The van der Waals surface area contributed by atoms with Gasteiger partial charge in [-0.05, 0) is 54.6 Å². The quantitative estimate of drug-likeness (QED) is 0.582. The molecule has 1 aliphatic rings. The number of halogens is 1. The third kappa shape index (κ3) is 4.12. The van der Waals surface area contributed by atoms with Gasteiger partial charge in [0.15, 0.2) is 0 Å². The highest BCUT2D eigenvalue weighted by Crippen LogP contribution is 2.21. The summed E-state index contributed by atoms with van der Waals surface area (Å²) in [6, 6.07) is 15.6. The van der Waals surface area contributed by atoms with Crippen molar-refractivity contribution in [1.29, 1.82) is 0 Å². The second-order valence-corrected chi connectivity index (χ2v) is 9.50. The van der Waals surface area contributed by atoms with Crippen molar-refractivity contribution in [3.05, 3.63) is 77.0 Å². The van der Waals surface area contributed by atoms with E-state index >= 15 is 0 Å². The second-order valence-electron chi connectivity index (χ2n) is 6.65. The van der Waals surface area contributed by atoms with Gasteiger partial charge in [0.1, 0.15) is 0 Å². The lowest BCUT2D eigenvalue weighted by Gasteiger charge is -2.34. The smallest absolute Gasteiger partial charge is 0.253 e. The van der Waals surface area contributed by atoms with Crippen LogP contribution in [0.3, 0.4) is 0 Å². The Kier molecular flexibility index (Phi) is 5.53. The molecular weight excluding hydrogens is 456 g/mol. The molecule has 4 rings (SSSR count). The first-order valence-electron chi connectivity index (χ1n) is 9.10. The van der Waals surface area contributed by atoms with Crippen LogP contribution in [0.1, 0.15) is 10.4 Å². The molecule has 1 aliphatic heterocycles. The summed E-state index contributed by atoms with van der Waals surface area (Å²) in [5.41, 5.74) is 1.45. The van der Waals surface area contributed by atoms with E-state index in [1.165, 1.54) is 4.31 Å². The number of piperazine rings is 1. The Labute approximate surface area is 177 Å². The van der Waals surface area contributed by atoms with Crippen LogP contribution in [0.15, 0.2) is 76.4 Å². The fraction of sp³-hybridized carbons (Fsp3) is 0.200. The van der Waals surface area contributed by atoms with Gasteiger partial charge in [-0.1, -0.05) is 15.9 Å². The summed E-state index contributed by atoms with van der Waals surface area (Å²) in [5.74, 6) is -0.0993. The zero-order chi connectivity index (χ0) is 20.4. The van der Waals surface area contributed by atoms with E-state index < -0.39 is 10.0 Å². The predicted octanol–water partition coefficient (Wildman–Crippen LogP) is 2.78. The molecule has 0 N–H and O–H groups in total. The second kappa shape index (κ2) is 8.10. The summed E-state index contributed by atoms with van der Waals surface area (Å²) in [5, 5.41) is 4.17. The highest BCUT2D eigenvalue weighted by atomic mass is 79.9. The molecule has 1 amide bonds. The minimum Gasteiger partial charge on any atom is -0.336 e. The molecule has 1 saturated heterocycles. The number of carbonyl (C=O) groups excluding carboxylic acids is 1. The molecular formula is C20H19BrN4O3S. The highest BCUT2D eigenvalue weighted by Gasteiger charge is 2.30. The molecule has 2 heterocycles. The third-order valence-corrected chi connectivity index (χ3v) is 7.30. The van der Waals surface area contributed by atoms with Gasteiger partial charge in [0, 0.05) is 48.6 Å². The standard InChI is InChI=1S/C20H19BrN4O3S/c21-17-4-8-19(9-5-17)29(27,28)24-14-12-23(13-15-24)20(26)16-2-6-18(7-3-16)25-11-1-10-22-25/h1-11H,12-15H2. The molecule has 150 valence electrons. The number of benzene rings is 2. The fourth-order valence-corrected chi connectivity index (χ4v) is 4.93. The van der Waals surface area contributed by atoms with Crippen LogP contribution in [0.25, 0.3) is 5.69 Å². The number of sulfonamides is 1. The first-order chi connectivity index (χ1) is 13.9. The maximum atomic E-state index is 12.8. The van der Waals surface area contributed by atoms with E-state index in [0.717, 1.165) is 10.2 Å². The maximum Gasteiger partial charge on any atom is 0.253 e. The van der Waals surface area contributed by atoms with Crippen LogP contribution >= 0.6 is 15.9 Å². The molecule has 3 aromatic rings. The Morgan fingerprint density at radius 1 is 0.931 bits per heavy atom. The normalized spacial score (nSPS) is 15.4. The molecule has 9 heteroatoms. The Morgan fingerprint density at radius 2 is 1.59 bits per heavy atom. The largest absolute Gasteiger partial charge is 0.336 e. The number of aromatic nitrogens is 2. The number of carbonyl (C=O) groups is 1. The van der Waals surface area contributed by atoms with Crippen LogP contribution < -0.4 is 0 Å². The maximum absolute atomic E-state index is 12.8. The van der Waals surface area contributed by atoms with Crippen molar-refractivity contribution in [3.63, 3.8) is 0 Å². The fourth-order valence-electron chi connectivity index (χ4n) is 3.25. The van der Waals surface area contributed by atoms with E-state index in [0.29, 0.717) is 18.7 Å². The Bertz CT molecular complexity index is 1090. The lowest BCUT2D eigenvalue weighted by molar-refractivity contribution is 0.0698. The van der Waals surface area contributed by atoms with Crippen LogP contribution in [0.5, 0.6) is 0 Å². The molecule has 29 heavy (non-hydrogen) atoms. The summed E-state index contributed by atoms with van der Waals surface area (Å²) in [6.07, 6.45) is 3.53. The number of nitrogens with zero attached hydrogens (tertiary/aromatic N) is 4. The molecule has 0 unspecified atom stereocenters. The van der Waals surface area contributed by atoms with Gasteiger partial charge in [-0.15, -0.1) is 0 Å². The molecule has 0 saturated carbocycles. The van der Waals surface area contributed by atoms with Gasteiger partial charge >= 0.3 is 0 Å². The van der Waals surface area contributed by atoms with Gasteiger partial charge < -0.3 is 4.90 Å². The number of amides is 1. The van der Waals surface area contributed by atoms with Gasteiger partial charge in [-0.25, -0.2) is 13.1 Å². The Balaban J connectivity index is 1.41. The Morgan fingerprint density at radius 3 is 2.17 bits per heavy atom. The topological polar surface area (TPSA) is 75.5 Å². The lowest BCUT2D eigenvalue weighted by Crippen LogP contribution is -2.50. The van der Waals surface area contributed by atoms with E-state index in [1.54, 1.807) is 52.2 Å². The summed E-state index contributed by atoms with van der Waals surface area (Å²) >= 11 is 3.31. The zero-order valence-electron chi connectivity index (χ0n) is 15.5. The minimum atomic E-state index is -3.56. The molecule has 1 aromatic heterocycles.